The maximum Gasteiger partial charge on any atom is 0.187 e. The highest BCUT2D eigenvalue weighted by Gasteiger charge is 2.31. The van der Waals surface area contributed by atoms with Crippen molar-refractivity contribution in [1.82, 2.24) is 19.8 Å². The summed E-state index contributed by atoms with van der Waals surface area (Å²) in [5.41, 5.74) is 4.29. The van der Waals surface area contributed by atoms with Crippen molar-refractivity contribution in [2.24, 2.45) is 5.92 Å². The molecule has 4 rings (SSSR count). The van der Waals surface area contributed by atoms with Gasteiger partial charge in [-0.2, -0.15) is 0 Å². The normalized spacial score (nSPS) is 20.0. The molecule has 1 fully saturated rings. The molecule has 1 aliphatic heterocycles. The number of methoxy groups -OCH3 is 1. The maximum absolute atomic E-state index is 5.39. The second-order valence-corrected chi connectivity index (χ2v) is 9.41. The molecule has 0 amide bonds. The van der Waals surface area contributed by atoms with Crippen LogP contribution in [0.4, 0.5) is 0 Å². The average Bonchev–Trinajstić information content (AvgIpc) is 3.23. The third-order valence-electron chi connectivity index (χ3n) is 6.49. The summed E-state index contributed by atoms with van der Waals surface area (Å²) < 4.78 is 5.39. The molecular formula is C24H34N4OS. The van der Waals surface area contributed by atoms with Crippen LogP contribution in [-0.4, -0.2) is 72.0 Å². The molecule has 0 N–H and O–H groups in total. The summed E-state index contributed by atoms with van der Waals surface area (Å²) in [7, 11) is 1.79. The van der Waals surface area contributed by atoms with E-state index in [0.29, 0.717) is 12.0 Å². The van der Waals surface area contributed by atoms with Gasteiger partial charge in [-0.05, 0) is 55.5 Å². The first-order valence-electron chi connectivity index (χ1n) is 11.1. The summed E-state index contributed by atoms with van der Waals surface area (Å²) >= 11 is 1.59. The Hall–Kier alpha value is -1.47. The smallest absolute Gasteiger partial charge is 0.187 e. The number of hydrogen-bond donors (Lipinski definition) is 0. The van der Waals surface area contributed by atoms with E-state index in [1.807, 2.05) is 18.6 Å². The Kier molecular flexibility index (Phi) is 7.77. The molecule has 0 bridgehead atoms. The van der Waals surface area contributed by atoms with Crippen LogP contribution in [-0.2, 0) is 24.1 Å². The van der Waals surface area contributed by atoms with Gasteiger partial charge < -0.3 is 4.74 Å². The van der Waals surface area contributed by atoms with Gasteiger partial charge in [-0.3, -0.25) is 9.80 Å². The monoisotopic (exact) mass is 426 g/mol. The lowest BCUT2D eigenvalue weighted by Crippen LogP contribution is -2.46. The fourth-order valence-corrected chi connectivity index (χ4v) is 5.30. The second-order valence-electron chi connectivity index (χ2n) is 8.64. The van der Waals surface area contributed by atoms with Crippen LogP contribution in [0.3, 0.4) is 0 Å². The van der Waals surface area contributed by atoms with Crippen LogP contribution in [0.1, 0.15) is 29.5 Å². The number of benzene rings is 1. The predicted octanol–water partition coefficient (Wildman–Crippen LogP) is 3.53. The molecule has 162 valence electrons. The summed E-state index contributed by atoms with van der Waals surface area (Å²) in [5, 5.41) is 0.836. The van der Waals surface area contributed by atoms with Crippen LogP contribution in [0.5, 0.6) is 0 Å². The van der Waals surface area contributed by atoms with E-state index in [1.54, 1.807) is 30.0 Å². The van der Waals surface area contributed by atoms with E-state index in [4.69, 9.17) is 4.74 Å². The van der Waals surface area contributed by atoms with Gasteiger partial charge in [0.15, 0.2) is 5.16 Å². The molecule has 2 aromatic rings. The molecule has 5 nitrogen and oxygen atoms in total. The molecule has 6 heteroatoms. The van der Waals surface area contributed by atoms with E-state index in [2.05, 4.69) is 44.0 Å². The molecule has 0 spiro atoms. The van der Waals surface area contributed by atoms with E-state index in [1.165, 1.54) is 44.3 Å². The summed E-state index contributed by atoms with van der Waals surface area (Å²) in [6.07, 6.45) is 11.0. The Morgan fingerprint density at radius 2 is 1.90 bits per heavy atom. The molecule has 30 heavy (non-hydrogen) atoms. The Morgan fingerprint density at radius 1 is 1.17 bits per heavy atom. The third-order valence-corrected chi connectivity index (χ3v) is 7.07. The van der Waals surface area contributed by atoms with Crippen molar-refractivity contribution in [3.8, 4) is 0 Å². The van der Waals surface area contributed by atoms with Crippen LogP contribution >= 0.6 is 11.8 Å². The number of likely N-dealkylation sites (tertiary alicyclic amines) is 1. The molecule has 1 unspecified atom stereocenters. The number of nitrogens with zero attached hydrogens (tertiary/aromatic N) is 4. The second kappa shape index (κ2) is 10.7. The fraction of sp³-hybridized carbons (Fsp3) is 0.583. The summed E-state index contributed by atoms with van der Waals surface area (Å²) in [6.45, 7) is 6.18. The van der Waals surface area contributed by atoms with Gasteiger partial charge in [0.25, 0.3) is 0 Å². The number of piperidine rings is 1. The molecule has 2 aliphatic rings. The van der Waals surface area contributed by atoms with Gasteiger partial charge >= 0.3 is 0 Å². The number of thioether (sulfide) groups is 1. The van der Waals surface area contributed by atoms with E-state index in [9.17, 15) is 0 Å². The van der Waals surface area contributed by atoms with Gasteiger partial charge in [-0.25, -0.2) is 9.97 Å². The Labute approximate surface area is 185 Å². The SMILES string of the molecule is COCCN(Cc1cnc(SC)nc1)CC1CCCN(C2Cc3ccccc3C2)C1. The maximum atomic E-state index is 5.39. The minimum Gasteiger partial charge on any atom is -0.383 e. The van der Waals surface area contributed by atoms with Gasteiger partial charge in [-0.15, -0.1) is 0 Å². The lowest BCUT2D eigenvalue weighted by Gasteiger charge is -2.38. The summed E-state index contributed by atoms with van der Waals surface area (Å²) in [6, 6.07) is 9.68. The van der Waals surface area contributed by atoms with Crippen molar-refractivity contribution in [1.29, 1.82) is 0 Å². The van der Waals surface area contributed by atoms with Gasteiger partial charge in [0.05, 0.1) is 6.61 Å². The van der Waals surface area contributed by atoms with E-state index >= 15 is 0 Å². The highest BCUT2D eigenvalue weighted by atomic mass is 32.2. The quantitative estimate of drug-likeness (QED) is 0.451. The Bertz CT molecular complexity index is 775. The molecule has 1 saturated heterocycles. The number of fused-ring (bicyclic) bond motifs is 1. The van der Waals surface area contributed by atoms with E-state index < -0.39 is 0 Å². The molecule has 2 heterocycles. The third kappa shape index (κ3) is 5.61. The Morgan fingerprint density at radius 3 is 2.57 bits per heavy atom. The standard InChI is InChI=1S/C24H34N4OS/c1-29-11-10-27(17-20-14-25-24(30-2)26-15-20)16-19-6-5-9-28(18-19)23-12-21-7-3-4-8-22(21)13-23/h3-4,7-8,14-15,19,23H,5-6,9-13,16-18H2,1-2H3. The van der Waals surface area contributed by atoms with E-state index in [0.717, 1.165) is 31.4 Å². The van der Waals surface area contributed by atoms with Crippen LogP contribution < -0.4 is 0 Å². The number of ether oxygens (including phenoxy) is 1. The fourth-order valence-electron chi connectivity index (χ4n) is 4.98. The molecule has 1 atom stereocenters. The van der Waals surface area contributed by atoms with Crippen molar-refractivity contribution in [3.63, 3.8) is 0 Å². The lowest BCUT2D eigenvalue weighted by molar-refractivity contribution is 0.0843. The van der Waals surface area contributed by atoms with Crippen molar-refractivity contribution < 1.29 is 4.74 Å². The average molecular weight is 427 g/mol. The molecule has 0 saturated carbocycles. The summed E-state index contributed by atoms with van der Waals surface area (Å²) in [5.74, 6) is 0.714. The van der Waals surface area contributed by atoms with Crippen LogP contribution in [0.25, 0.3) is 0 Å². The van der Waals surface area contributed by atoms with Gasteiger partial charge in [0.1, 0.15) is 0 Å². The highest BCUT2D eigenvalue weighted by Crippen LogP contribution is 2.29. The van der Waals surface area contributed by atoms with E-state index in [-0.39, 0.29) is 0 Å². The zero-order valence-electron chi connectivity index (χ0n) is 18.3. The zero-order chi connectivity index (χ0) is 20.8. The number of aromatic nitrogens is 2. The first kappa shape index (κ1) is 21.8. The zero-order valence-corrected chi connectivity index (χ0v) is 19.1. The molecule has 1 aliphatic carbocycles. The van der Waals surface area contributed by atoms with Crippen LogP contribution in [0, 0.1) is 5.92 Å². The minimum atomic E-state index is 0.685. The molecule has 1 aromatic carbocycles. The Balaban J connectivity index is 1.35. The van der Waals surface area contributed by atoms with Crippen LogP contribution in [0.2, 0.25) is 0 Å². The highest BCUT2D eigenvalue weighted by molar-refractivity contribution is 7.98. The van der Waals surface area contributed by atoms with Gasteiger partial charge in [0.2, 0.25) is 0 Å². The molecule has 0 radical (unpaired) electrons. The predicted molar refractivity (Wildman–Crippen MR) is 123 cm³/mol. The van der Waals surface area contributed by atoms with Gasteiger partial charge in [-0.1, -0.05) is 36.0 Å². The van der Waals surface area contributed by atoms with Crippen molar-refractivity contribution in [3.05, 3.63) is 53.3 Å². The van der Waals surface area contributed by atoms with Crippen molar-refractivity contribution >= 4 is 11.8 Å². The number of rotatable bonds is 9. The topological polar surface area (TPSA) is 41.5 Å². The minimum absolute atomic E-state index is 0.685. The lowest BCUT2D eigenvalue weighted by atomic mass is 9.95. The van der Waals surface area contributed by atoms with Crippen molar-refractivity contribution in [2.45, 2.75) is 43.4 Å². The summed E-state index contributed by atoms with van der Waals surface area (Å²) in [4.78, 5) is 14.2. The van der Waals surface area contributed by atoms with Crippen LogP contribution in [0.15, 0.2) is 41.8 Å². The first-order valence-corrected chi connectivity index (χ1v) is 12.3. The molecule has 1 aromatic heterocycles. The number of hydrogen-bond acceptors (Lipinski definition) is 6. The van der Waals surface area contributed by atoms with Gasteiger partial charge in [0, 0.05) is 57.3 Å². The largest absolute Gasteiger partial charge is 0.383 e. The first-order chi connectivity index (χ1) is 14.7. The molecular weight excluding hydrogens is 392 g/mol. The van der Waals surface area contributed by atoms with Crippen molar-refractivity contribution in [2.75, 3.05) is 46.2 Å².